The van der Waals surface area contributed by atoms with Crippen LogP contribution in [0.25, 0.3) is 10.8 Å². The number of aromatic hydroxyl groups is 1. The molecule has 244 valence electrons. The predicted octanol–water partition coefficient (Wildman–Crippen LogP) is 6.21. The van der Waals surface area contributed by atoms with Crippen molar-refractivity contribution in [1.82, 2.24) is 4.90 Å². The van der Waals surface area contributed by atoms with Gasteiger partial charge in [0.05, 0.1) is 11.8 Å². The Hall–Kier alpha value is -4.03. The first kappa shape index (κ1) is 31.6. The summed E-state index contributed by atoms with van der Waals surface area (Å²) in [7, 11) is 0. The fraction of sp³-hybridized carbons (Fsp3) is 0.333. The maximum absolute atomic E-state index is 15.2. The van der Waals surface area contributed by atoms with E-state index in [0.29, 0.717) is 17.2 Å². The molecule has 0 aromatic heterocycles. The fourth-order valence-corrected chi connectivity index (χ4v) is 8.90. The Kier molecular flexibility index (Phi) is 7.04. The molecule has 0 bridgehead atoms. The van der Waals surface area contributed by atoms with Crippen LogP contribution in [0.4, 0.5) is 27.6 Å². The van der Waals surface area contributed by atoms with Crippen molar-refractivity contribution in [2.45, 2.75) is 41.9 Å². The number of halogens is 7. The lowest BCUT2D eigenvalue weighted by molar-refractivity contribution is -0.140. The van der Waals surface area contributed by atoms with Crippen molar-refractivity contribution in [3.63, 3.8) is 0 Å². The van der Waals surface area contributed by atoms with E-state index in [9.17, 15) is 37.5 Å². The van der Waals surface area contributed by atoms with Crippen LogP contribution < -0.4 is 4.90 Å². The van der Waals surface area contributed by atoms with Gasteiger partial charge in [-0.2, -0.15) is 0 Å². The molecule has 3 aromatic rings. The zero-order valence-electron chi connectivity index (χ0n) is 24.3. The van der Waals surface area contributed by atoms with Gasteiger partial charge >= 0.3 is 0 Å². The zero-order valence-corrected chi connectivity index (χ0v) is 25.8. The molecule has 2 aliphatic carbocycles. The van der Waals surface area contributed by atoms with Crippen molar-refractivity contribution >= 4 is 63.3 Å². The maximum atomic E-state index is 15.2. The van der Waals surface area contributed by atoms with E-state index < -0.39 is 104 Å². The molecule has 47 heavy (non-hydrogen) atoms. The third-order valence-corrected chi connectivity index (χ3v) is 11.4. The molecule has 7 rings (SSSR count). The highest BCUT2D eigenvalue weighted by Crippen LogP contribution is 2.67. The van der Waals surface area contributed by atoms with Gasteiger partial charge in [-0.05, 0) is 42.0 Å². The van der Waals surface area contributed by atoms with Gasteiger partial charge in [0.1, 0.15) is 11.4 Å². The number of carbonyl (C=O) groups excluding carboxylic acids is 4. The van der Waals surface area contributed by atoms with Crippen molar-refractivity contribution in [2.75, 3.05) is 11.4 Å². The van der Waals surface area contributed by atoms with Crippen LogP contribution in [0, 0.1) is 46.8 Å². The first-order valence-electron chi connectivity index (χ1n) is 14.8. The van der Waals surface area contributed by atoms with E-state index in [2.05, 4.69) is 0 Å². The molecule has 6 unspecified atom stereocenters. The summed E-state index contributed by atoms with van der Waals surface area (Å²) in [4.78, 5) is 51.4. The fourth-order valence-electron chi connectivity index (χ4n) is 7.98. The van der Waals surface area contributed by atoms with Crippen molar-refractivity contribution in [1.29, 1.82) is 0 Å². The number of imide groups is 2. The molecule has 3 fully saturated rings. The minimum absolute atomic E-state index is 0.0138. The average molecular weight is 693 g/mol. The number of rotatable bonds is 4. The Morgan fingerprint density at radius 1 is 0.851 bits per heavy atom. The van der Waals surface area contributed by atoms with E-state index in [-0.39, 0.29) is 29.0 Å². The Bertz CT molecular complexity index is 1980. The zero-order chi connectivity index (χ0) is 33.9. The van der Waals surface area contributed by atoms with Crippen molar-refractivity contribution < 1.29 is 46.2 Å². The van der Waals surface area contributed by atoms with E-state index in [1.807, 2.05) is 0 Å². The second-order valence-electron chi connectivity index (χ2n) is 12.2. The number of nitrogens with zero attached hydrogens (tertiary/aromatic N) is 2. The number of fused-ring (bicyclic) bond motifs is 5. The van der Waals surface area contributed by atoms with Gasteiger partial charge in [0.15, 0.2) is 33.0 Å². The van der Waals surface area contributed by atoms with Crippen LogP contribution in [0.1, 0.15) is 37.7 Å². The molecule has 4 amide bonds. The summed E-state index contributed by atoms with van der Waals surface area (Å²) >= 11 is 14.3. The number of likely N-dealkylation sites (tertiary alicyclic amines) is 1. The predicted molar refractivity (Wildman–Crippen MR) is 159 cm³/mol. The first-order valence-corrected chi connectivity index (χ1v) is 15.5. The molecule has 3 aromatic carbocycles. The lowest BCUT2D eigenvalue weighted by Crippen LogP contribution is -2.60. The number of hydrogen-bond donors (Lipinski definition) is 1. The molecule has 2 aliphatic heterocycles. The van der Waals surface area contributed by atoms with E-state index >= 15 is 8.78 Å². The standard InChI is InChI=1S/C33H23Cl2F5N2O5/c1-2-11-41-28(44)16-9-8-15-17(19(16)29(41)45)12-32(34)30(46)42(27-25(39)23(37)22(36)24(38)26(27)40)31(47)33(32,35)21(15)20-14-6-4-3-5-13(14)7-10-18(20)43/h3-8,10,16-17,19,21,43H,2,9,11-12H2,1H3. The van der Waals surface area contributed by atoms with Crippen LogP contribution in [0.5, 0.6) is 5.75 Å². The van der Waals surface area contributed by atoms with Crippen molar-refractivity contribution in [2.24, 2.45) is 17.8 Å². The largest absolute Gasteiger partial charge is 0.508 e. The molecular weight excluding hydrogens is 670 g/mol. The Morgan fingerprint density at radius 2 is 1.49 bits per heavy atom. The molecule has 2 saturated heterocycles. The Morgan fingerprint density at radius 3 is 2.15 bits per heavy atom. The van der Waals surface area contributed by atoms with Crippen LogP contribution in [-0.4, -0.2) is 49.9 Å². The minimum atomic E-state index is -2.72. The third kappa shape index (κ3) is 3.85. The number of phenols is 1. The molecule has 0 spiro atoms. The first-order chi connectivity index (χ1) is 22.2. The topological polar surface area (TPSA) is 95.0 Å². The van der Waals surface area contributed by atoms with Gasteiger partial charge in [-0.25, -0.2) is 26.9 Å². The summed E-state index contributed by atoms with van der Waals surface area (Å²) in [5, 5.41) is 12.3. The number of carbonyl (C=O) groups is 4. The van der Waals surface area contributed by atoms with E-state index in [1.54, 1.807) is 43.3 Å². The monoisotopic (exact) mass is 692 g/mol. The lowest BCUT2D eigenvalue weighted by Gasteiger charge is -2.51. The quantitative estimate of drug-likeness (QED) is 0.0876. The average Bonchev–Trinajstić information content (AvgIpc) is 3.38. The van der Waals surface area contributed by atoms with Crippen LogP contribution in [-0.2, 0) is 19.2 Å². The maximum Gasteiger partial charge on any atom is 0.258 e. The second-order valence-corrected chi connectivity index (χ2v) is 13.5. The second kappa shape index (κ2) is 10.5. The van der Waals surface area contributed by atoms with Crippen LogP contribution in [0.3, 0.4) is 0 Å². The van der Waals surface area contributed by atoms with Gasteiger partial charge in [0.25, 0.3) is 11.8 Å². The summed E-state index contributed by atoms with van der Waals surface area (Å²) in [5.41, 5.74) is -1.60. The number of anilines is 1. The molecular formula is C33H23Cl2F5N2O5. The number of alkyl halides is 2. The number of amides is 4. The van der Waals surface area contributed by atoms with E-state index in [4.69, 9.17) is 23.2 Å². The Balaban J connectivity index is 1.52. The van der Waals surface area contributed by atoms with Gasteiger partial charge in [-0.3, -0.25) is 24.1 Å². The van der Waals surface area contributed by atoms with Gasteiger partial charge in [-0.15, -0.1) is 23.2 Å². The highest BCUT2D eigenvalue weighted by atomic mass is 35.5. The summed E-state index contributed by atoms with van der Waals surface area (Å²) in [6, 6.07) is 9.46. The third-order valence-electron chi connectivity index (χ3n) is 10.00. The normalized spacial score (nSPS) is 30.2. The molecule has 6 atom stereocenters. The Labute approximate surface area is 273 Å². The minimum Gasteiger partial charge on any atom is -0.508 e. The number of phenolic OH excluding ortho intramolecular Hbond substituents is 1. The van der Waals surface area contributed by atoms with Gasteiger partial charge in [-0.1, -0.05) is 48.9 Å². The van der Waals surface area contributed by atoms with Crippen LogP contribution in [0.15, 0.2) is 48.0 Å². The smallest absolute Gasteiger partial charge is 0.258 e. The summed E-state index contributed by atoms with van der Waals surface area (Å²) in [6.45, 7) is 1.90. The summed E-state index contributed by atoms with van der Waals surface area (Å²) in [6.07, 6.45) is 1.47. The number of benzene rings is 3. The summed E-state index contributed by atoms with van der Waals surface area (Å²) in [5.74, 6) is -21.4. The van der Waals surface area contributed by atoms with Crippen LogP contribution >= 0.6 is 23.2 Å². The summed E-state index contributed by atoms with van der Waals surface area (Å²) < 4.78 is 73.3. The number of allylic oxidation sites excluding steroid dienone is 2. The van der Waals surface area contributed by atoms with Crippen LogP contribution in [0.2, 0.25) is 0 Å². The molecule has 7 nitrogen and oxygen atoms in total. The highest BCUT2D eigenvalue weighted by molar-refractivity contribution is 6.58. The highest BCUT2D eigenvalue weighted by Gasteiger charge is 2.77. The molecule has 1 saturated carbocycles. The van der Waals surface area contributed by atoms with Crippen molar-refractivity contribution in [3.05, 3.63) is 82.7 Å². The molecule has 4 aliphatic rings. The number of hydrogen-bond acceptors (Lipinski definition) is 5. The van der Waals surface area contributed by atoms with Gasteiger partial charge in [0.2, 0.25) is 17.6 Å². The van der Waals surface area contributed by atoms with Gasteiger partial charge < -0.3 is 5.11 Å². The SMILES string of the molecule is CCCN1C(=O)C2CC=C3C(CC4(Cl)C(=O)N(c5c(F)c(F)c(F)c(F)c5F)C(=O)C4(Cl)C3c3c(O)ccc4ccccc34)C2C1=O. The molecule has 1 N–H and O–H groups in total. The lowest BCUT2D eigenvalue weighted by atomic mass is 9.56. The van der Waals surface area contributed by atoms with Crippen molar-refractivity contribution in [3.8, 4) is 5.75 Å². The van der Waals surface area contributed by atoms with E-state index in [0.717, 1.165) is 4.90 Å². The molecule has 14 heteroatoms. The van der Waals surface area contributed by atoms with Gasteiger partial charge in [0, 0.05) is 18.0 Å². The molecule has 0 radical (unpaired) electrons. The molecule has 2 heterocycles. The van der Waals surface area contributed by atoms with E-state index in [1.165, 1.54) is 6.07 Å².